The summed E-state index contributed by atoms with van der Waals surface area (Å²) in [6.07, 6.45) is -2.27. The molecule has 0 saturated carbocycles. The van der Waals surface area contributed by atoms with Gasteiger partial charge in [-0.25, -0.2) is 9.67 Å². The summed E-state index contributed by atoms with van der Waals surface area (Å²) in [5, 5.41) is 6.70. The topological polar surface area (TPSA) is 59.8 Å². The molecule has 0 saturated heterocycles. The Morgan fingerprint density at radius 1 is 1.04 bits per heavy atom. The van der Waals surface area contributed by atoms with Crippen LogP contribution in [0.2, 0.25) is 0 Å². The van der Waals surface area contributed by atoms with Crippen LogP contribution in [0, 0.1) is 0 Å². The van der Waals surface area contributed by atoms with Crippen molar-refractivity contribution >= 4 is 11.6 Å². The molecule has 0 atom stereocenters. The number of hydrogen-bond donors (Lipinski definition) is 1. The Labute approximate surface area is 134 Å². The smallest absolute Gasteiger partial charge is 0.321 e. The molecule has 1 aromatic carbocycles. The Bertz CT molecular complexity index is 842. The van der Waals surface area contributed by atoms with Gasteiger partial charge in [0.2, 0.25) is 0 Å². The van der Waals surface area contributed by atoms with Crippen molar-refractivity contribution in [3.63, 3.8) is 0 Å². The summed E-state index contributed by atoms with van der Waals surface area (Å²) in [6, 6.07) is 12.4. The molecule has 2 aromatic heterocycles. The second-order valence-electron chi connectivity index (χ2n) is 4.87. The van der Waals surface area contributed by atoms with Gasteiger partial charge in [0.25, 0.3) is 5.91 Å². The van der Waals surface area contributed by atoms with Crippen LogP contribution in [0.3, 0.4) is 0 Å². The monoisotopic (exact) mass is 332 g/mol. The average Bonchev–Trinajstić information content (AvgIpc) is 3.05. The number of aromatic nitrogens is 3. The lowest BCUT2D eigenvalue weighted by molar-refractivity contribution is -0.137. The van der Waals surface area contributed by atoms with Crippen LogP contribution >= 0.6 is 0 Å². The lowest BCUT2D eigenvalue weighted by Gasteiger charge is -2.06. The summed E-state index contributed by atoms with van der Waals surface area (Å²) < 4.78 is 38.8. The van der Waals surface area contributed by atoms with E-state index in [1.54, 1.807) is 24.3 Å². The van der Waals surface area contributed by atoms with Crippen molar-refractivity contribution in [2.75, 3.05) is 5.32 Å². The Morgan fingerprint density at radius 2 is 1.79 bits per heavy atom. The standard InChI is InChI=1S/C16H11F3N4O/c17-16(18,19)11-6-7-14(20-10-11)23-9-8-13(22-23)15(24)21-12-4-2-1-3-5-12/h1-10H,(H,21,24). The van der Waals surface area contributed by atoms with E-state index < -0.39 is 17.6 Å². The second-order valence-corrected chi connectivity index (χ2v) is 4.87. The highest BCUT2D eigenvalue weighted by atomic mass is 19.4. The van der Waals surface area contributed by atoms with E-state index in [9.17, 15) is 18.0 Å². The number of amides is 1. The van der Waals surface area contributed by atoms with Crippen LogP contribution in [0.1, 0.15) is 16.1 Å². The quantitative estimate of drug-likeness (QED) is 0.798. The SMILES string of the molecule is O=C(Nc1ccccc1)c1ccn(-c2ccc(C(F)(F)F)cn2)n1. The van der Waals surface area contributed by atoms with Gasteiger partial charge in [-0.1, -0.05) is 18.2 Å². The van der Waals surface area contributed by atoms with E-state index in [2.05, 4.69) is 15.4 Å². The molecule has 3 aromatic rings. The van der Waals surface area contributed by atoms with E-state index >= 15 is 0 Å². The average molecular weight is 332 g/mol. The van der Waals surface area contributed by atoms with Crippen molar-refractivity contribution in [3.05, 3.63) is 72.2 Å². The van der Waals surface area contributed by atoms with Gasteiger partial charge in [0.05, 0.1) is 5.56 Å². The first-order valence-electron chi connectivity index (χ1n) is 6.89. The number of alkyl halides is 3. The van der Waals surface area contributed by atoms with Gasteiger partial charge in [0.15, 0.2) is 11.5 Å². The summed E-state index contributed by atoms with van der Waals surface area (Å²) in [7, 11) is 0. The number of nitrogens with one attached hydrogen (secondary N) is 1. The number of benzene rings is 1. The van der Waals surface area contributed by atoms with Gasteiger partial charge in [0, 0.05) is 18.1 Å². The van der Waals surface area contributed by atoms with E-state index in [1.807, 2.05) is 6.07 Å². The number of hydrogen-bond acceptors (Lipinski definition) is 3. The fourth-order valence-electron chi connectivity index (χ4n) is 1.98. The minimum Gasteiger partial charge on any atom is -0.321 e. The highest BCUT2D eigenvalue weighted by molar-refractivity contribution is 6.02. The van der Waals surface area contributed by atoms with Crippen LogP contribution in [0.15, 0.2) is 60.9 Å². The molecule has 1 amide bonds. The van der Waals surface area contributed by atoms with E-state index in [4.69, 9.17) is 0 Å². The minimum absolute atomic E-state index is 0.126. The molecule has 8 heteroatoms. The molecule has 0 bridgehead atoms. The molecular formula is C16H11F3N4O. The van der Waals surface area contributed by atoms with Gasteiger partial charge < -0.3 is 5.32 Å². The molecule has 24 heavy (non-hydrogen) atoms. The maximum absolute atomic E-state index is 12.5. The summed E-state index contributed by atoms with van der Waals surface area (Å²) in [6.45, 7) is 0. The molecule has 3 rings (SSSR count). The molecule has 0 aliphatic carbocycles. The van der Waals surface area contributed by atoms with Crippen molar-refractivity contribution in [1.29, 1.82) is 0 Å². The van der Waals surface area contributed by atoms with Crippen LogP contribution < -0.4 is 5.32 Å². The lowest BCUT2D eigenvalue weighted by Crippen LogP contribution is -2.13. The molecule has 122 valence electrons. The molecule has 0 spiro atoms. The first kappa shape index (κ1) is 15.7. The van der Waals surface area contributed by atoms with Crippen LogP contribution in [0.4, 0.5) is 18.9 Å². The minimum atomic E-state index is -4.45. The molecular weight excluding hydrogens is 321 g/mol. The predicted octanol–water partition coefficient (Wildman–Crippen LogP) is 3.54. The number of carbonyl (C=O) groups is 1. The Balaban J connectivity index is 1.77. The zero-order chi connectivity index (χ0) is 17.2. The number of anilines is 1. The van der Waals surface area contributed by atoms with Crippen molar-refractivity contribution in [3.8, 4) is 5.82 Å². The van der Waals surface area contributed by atoms with Crippen molar-refractivity contribution in [2.45, 2.75) is 6.18 Å². The maximum atomic E-state index is 12.5. The van der Waals surface area contributed by atoms with Gasteiger partial charge in [-0.3, -0.25) is 4.79 Å². The third-order valence-electron chi connectivity index (χ3n) is 3.16. The highest BCUT2D eigenvalue weighted by Gasteiger charge is 2.30. The van der Waals surface area contributed by atoms with Crippen LogP contribution in [0.5, 0.6) is 0 Å². The van der Waals surface area contributed by atoms with Crippen molar-refractivity contribution in [1.82, 2.24) is 14.8 Å². The summed E-state index contributed by atoms with van der Waals surface area (Å²) in [5.74, 6) is -0.242. The zero-order valence-corrected chi connectivity index (χ0v) is 12.2. The maximum Gasteiger partial charge on any atom is 0.417 e. The number of para-hydroxylation sites is 1. The first-order chi connectivity index (χ1) is 11.4. The third kappa shape index (κ3) is 3.43. The van der Waals surface area contributed by atoms with E-state index in [0.717, 1.165) is 12.3 Å². The number of carbonyl (C=O) groups excluding carboxylic acids is 1. The number of nitrogens with zero attached hydrogens (tertiary/aromatic N) is 3. The molecule has 2 heterocycles. The van der Waals surface area contributed by atoms with E-state index in [1.165, 1.54) is 23.0 Å². The molecule has 1 N–H and O–H groups in total. The van der Waals surface area contributed by atoms with Crippen LogP contribution in [-0.2, 0) is 6.18 Å². The number of rotatable bonds is 3. The van der Waals surface area contributed by atoms with E-state index in [0.29, 0.717) is 5.69 Å². The highest BCUT2D eigenvalue weighted by Crippen LogP contribution is 2.28. The fraction of sp³-hybridized carbons (Fsp3) is 0.0625. The van der Waals surface area contributed by atoms with Gasteiger partial charge in [-0.2, -0.15) is 18.3 Å². The molecule has 0 unspecified atom stereocenters. The molecule has 0 radical (unpaired) electrons. The molecule has 0 fully saturated rings. The fourth-order valence-corrected chi connectivity index (χ4v) is 1.98. The second kappa shape index (κ2) is 6.15. The van der Waals surface area contributed by atoms with Crippen molar-refractivity contribution in [2.24, 2.45) is 0 Å². The Morgan fingerprint density at radius 3 is 2.42 bits per heavy atom. The Hall–Kier alpha value is -3.16. The van der Waals surface area contributed by atoms with Gasteiger partial charge in [-0.15, -0.1) is 0 Å². The molecule has 0 aliphatic heterocycles. The lowest BCUT2D eigenvalue weighted by atomic mass is 10.3. The summed E-state index contributed by atoms with van der Waals surface area (Å²) in [5.41, 5.74) is -0.106. The number of pyridine rings is 1. The Kier molecular flexibility index (Phi) is 4.03. The summed E-state index contributed by atoms with van der Waals surface area (Å²) >= 11 is 0. The first-order valence-corrected chi connectivity index (χ1v) is 6.89. The molecule has 5 nitrogen and oxygen atoms in total. The van der Waals surface area contributed by atoms with E-state index in [-0.39, 0.29) is 11.5 Å². The zero-order valence-electron chi connectivity index (χ0n) is 12.2. The van der Waals surface area contributed by atoms with Crippen LogP contribution in [-0.4, -0.2) is 20.7 Å². The van der Waals surface area contributed by atoms with Gasteiger partial charge >= 0.3 is 6.18 Å². The molecule has 0 aliphatic rings. The number of halogens is 3. The summed E-state index contributed by atoms with van der Waals surface area (Å²) in [4.78, 5) is 15.8. The normalized spacial score (nSPS) is 11.3. The predicted molar refractivity (Wildman–Crippen MR) is 80.8 cm³/mol. The van der Waals surface area contributed by atoms with Gasteiger partial charge in [-0.05, 0) is 30.3 Å². The van der Waals surface area contributed by atoms with Crippen molar-refractivity contribution < 1.29 is 18.0 Å². The van der Waals surface area contributed by atoms with Crippen LogP contribution in [0.25, 0.3) is 5.82 Å². The van der Waals surface area contributed by atoms with Gasteiger partial charge in [0.1, 0.15) is 0 Å². The third-order valence-corrected chi connectivity index (χ3v) is 3.16. The largest absolute Gasteiger partial charge is 0.417 e.